The molecule has 1 aromatic carbocycles. The van der Waals surface area contributed by atoms with Gasteiger partial charge in [0.2, 0.25) is 0 Å². The summed E-state index contributed by atoms with van der Waals surface area (Å²) < 4.78 is 13.4. The molecule has 5 heterocycles. The van der Waals surface area contributed by atoms with Crippen LogP contribution in [0.3, 0.4) is 0 Å². The Balaban J connectivity index is 1.29. The Hall–Kier alpha value is -3.23. The molecule has 3 atom stereocenters. The molecule has 2 N–H and O–H groups in total. The number of piperidine rings is 1. The largest absolute Gasteiger partial charge is 0.507 e. The lowest BCUT2D eigenvalue weighted by Crippen LogP contribution is -2.54. The predicted octanol–water partition coefficient (Wildman–Crippen LogP) is 2.79. The van der Waals surface area contributed by atoms with E-state index in [-0.39, 0.29) is 5.75 Å². The molecule has 2 bridgehead atoms. The number of hydrogen-bond donors (Lipinski definition) is 2. The van der Waals surface area contributed by atoms with Crippen molar-refractivity contribution in [2.75, 3.05) is 19.8 Å². The zero-order valence-corrected chi connectivity index (χ0v) is 17.9. The third-order valence-electron chi connectivity index (χ3n) is 6.57. The molecule has 3 aliphatic heterocycles. The molecule has 8 heteroatoms. The number of ether oxygens (including phenoxy) is 2. The first kappa shape index (κ1) is 19.5. The van der Waals surface area contributed by atoms with Crippen LogP contribution < -0.4 is 10.1 Å². The summed E-state index contributed by atoms with van der Waals surface area (Å²) in [6.45, 7) is 2.06. The molecule has 32 heavy (non-hydrogen) atoms. The number of phenols is 1. The number of benzene rings is 1. The number of phenolic OH excluding ortho intramolecular Hbond substituents is 1. The molecule has 0 radical (unpaired) electrons. The van der Waals surface area contributed by atoms with E-state index in [2.05, 4.69) is 26.7 Å². The van der Waals surface area contributed by atoms with Crippen LogP contribution in [0.5, 0.6) is 11.5 Å². The normalized spacial score (nSPS) is 24.4. The average Bonchev–Trinajstić information content (AvgIpc) is 3.24. The highest BCUT2D eigenvalue weighted by molar-refractivity contribution is 5.77. The predicted molar refractivity (Wildman–Crippen MR) is 119 cm³/mol. The van der Waals surface area contributed by atoms with Gasteiger partial charge in [0.15, 0.2) is 0 Å². The second kappa shape index (κ2) is 7.72. The molecule has 0 amide bonds. The van der Waals surface area contributed by atoms with Crippen molar-refractivity contribution in [3.63, 3.8) is 0 Å². The fourth-order valence-electron chi connectivity index (χ4n) is 5.08. The van der Waals surface area contributed by atoms with E-state index in [4.69, 9.17) is 9.47 Å². The van der Waals surface area contributed by atoms with Gasteiger partial charge in [0.1, 0.15) is 29.5 Å². The molecular weight excluding hydrogens is 406 g/mol. The number of nitrogens with zero attached hydrogens (tertiary/aromatic N) is 4. The molecule has 164 valence electrons. The van der Waals surface area contributed by atoms with Crippen molar-refractivity contribution >= 4 is 5.57 Å². The molecule has 0 saturated carbocycles. The maximum Gasteiger partial charge on any atom is 0.149 e. The van der Waals surface area contributed by atoms with Crippen LogP contribution in [0.25, 0.3) is 28.0 Å². The highest BCUT2D eigenvalue weighted by Crippen LogP contribution is 2.41. The summed E-state index contributed by atoms with van der Waals surface area (Å²) in [7, 11) is 1.87. The summed E-state index contributed by atoms with van der Waals surface area (Å²) in [5.74, 6) is 1.30. The number of allylic oxidation sites excluding steroid dienone is 1. The zero-order chi connectivity index (χ0) is 21.7. The van der Waals surface area contributed by atoms with Crippen LogP contribution in [0.2, 0.25) is 0 Å². The van der Waals surface area contributed by atoms with Crippen molar-refractivity contribution in [1.82, 2.24) is 25.3 Å². The van der Waals surface area contributed by atoms with E-state index in [1.54, 1.807) is 16.9 Å². The van der Waals surface area contributed by atoms with E-state index in [0.29, 0.717) is 35.9 Å². The van der Waals surface area contributed by atoms with Gasteiger partial charge in [0.25, 0.3) is 0 Å². The van der Waals surface area contributed by atoms with Crippen LogP contribution in [0.4, 0.5) is 0 Å². The van der Waals surface area contributed by atoms with E-state index in [1.165, 1.54) is 5.57 Å². The second-order valence-corrected chi connectivity index (χ2v) is 8.81. The number of morpholine rings is 1. The maximum absolute atomic E-state index is 10.7. The highest BCUT2D eigenvalue weighted by atomic mass is 16.5. The molecule has 2 saturated heterocycles. The Morgan fingerprint density at radius 1 is 1.09 bits per heavy atom. The number of hydrogen-bond acceptors (Lipinski definition) is 7. The van der Waals surface area contributed by atoms with Crippen molar-refractivity contribution in [3.05, 3.63) is 48.4 Å². The Morgan fingerprint density at radius 3 is 2.69 bits per heavy atom. The zero-order valence-electron chi connectivity index (χ0n) is 17.9. The standard InChI is InChI=1S/C24H25N5O3/c1-29-11-16(10-25-29)14-2-3-20(22(30)8-14)21-9-23-24(28-27-21)19(4-5-32-23)15-6-17-12-31-13-18(7-15)26-17/h2-4,8-11,15,17-18,26,30H,5-7,12-13H2,1H3/t15?,17-,18?/m1/s1. The van der Waals surface area contributed by atoms with Crippen LogP contribution in [-0.4, -0.2) is 57.0 Å². The van der Waals surface area contributed by atoms with Crippen LogP contribution in [0.15, 0.2) is 42.7 Å². The maximum atomic E-state index is 10.7. The smallest absolute Gasteiger partial charge is 0.149 e. The Labute approximate surface area is 185 Å². The molecule has 8 nitrogen and oxygen atoms in total. The number of fused-ring (bicyclic) bond motifs is 3. The number of nitrogens with one attached hydrogen (secondary N) is 1. The van der Waals surface area contributed by atoms with Gasteiger partial charge in [0.05, 0.1) is 19.4 Å². The molecule has 2 aromatic heterocycles. The summed E-state index contributed by atoms with van der Waals surface area (Å²) in [6.07, 6.45) is 7.89. The van der Waals surface area contributed by atoms with Gasteiger partial charge in [0, 0.05) is 42.5 Å². The minimum Gasteiger partial charge on any atom is -0.507 e. The van der Waals surface area contributed by atoms with E-state index in [1.807, 2.05) is 31.4 Å². The van der Waals surface area contributed by atoms with Crippen molar-refractivity contribution in [2.45, 2.75) is 24.9 Å². The number of rotatable bonds is 3. The lowest BCUT2D eigenvalue weighted by atomic mass is 9.80. The Morgan fingerprint density at radius 2 is 1.94 bits per heavy atom. The molecule has 2 fully saturated rings. The first-order valence-electron chi connectivity index (χ1n) is 11.0. The Bertz CT molecular complexity index is 1190. The Kier molecular flexibility index (Phi) is 4.69. The van der Waals surface area contributed by atoms with Gasteiger partial charge in [-0.15, -0.1) is 10.2 Å². The molecule has 3 aliphatic rings. The van der Waals surface area contributed by atoms with Gasteiger partial charge in [-0.25, -0.2) is 0 Å². The molecular formula is C24H25N5O3. The fraction of sp³-hybridized carbons (Fsp3) is 0.375. The van der Waals surface area contributed by atoms with Gasteiger partial charge >= 0.3 is 0 Å². The molecule has 0 aliphatic carbocycles. The SMILES string of the molecule is Cn1cc(-c2ccc(-c3cc4c(nn3)C(C3CC5COC[C@@H](C3)N5)=CCO4)c(O)c2)cn1. The first-order valence-corrected chi connectivity index (χ1v) is 11.0. The van der Waals surface area contributed by atoms with Crippen LogP contribution in [0.1, 0.15) is 18.5 Å². The summed E-state index contributed by atoms with van der Waals surface area (Å²) in [4.78, 5) is 0. The monoisotopic (exact) mass is 431 g/mol. The summed E-state index contributed by atoms with van der Waals surface area (Å²) in [6, 6.07) is 8.22. The van der Waals surface area contributed by atoms with Gasteiger partial charge in [-0.3, -0.25) is 4.68 Å². The summed E-state index contributed by atoms with van der Waals surface area (Å²) >= 11 is 0. The third kappa shape index (κ3) is 3.45. The number of aromatic nitrogens is 4. The van der Waals surface area contributed by atoms with Crippen molar-refractivity contribution in [3.8, 4) is 33.9 Å². The quantitative estimate of drug-likeness (QED) is 0.659. The fourth-order valence-corrected chi connectivity index (χ4v) is 5.08. The van der Waals surface area contributed by atoms with Gasteiger partial charge in [-0.2, -0.15) is 5.10 Å². The summed E-state index contributed by atoms with van der Waals surface area (Å²) in [5.41, 5.74) is 5.10. The first-order chi connectivity index (χ1) is 15.6. The average molecular weight is 431 g/mol. The minimum absolute atomic E-state index is 0.151. The van der Waals surface area contributed by atoms with E-state index in [0.717, 1.165) is 48.6 Å². The number of aromatic hydroxyl groups is 1. The van der Waals surface area contributed by atoms with E-state index in [9.17, 15) is 5.11 Å². The van der Waals surface area contributed by atoms with E-state index >= 15 is 0 Å². The van der Waals surface area contributed by atoms with Crippen molar-refractivity contribution in [2.24, 2.45) is 13.0 Å². The minimum atomic E-state index is 0.151. The highest BCUT2D eigenvalue weighted by Gasteiger charge is 2.35. The van der Waals surface area contributed by atoms with Crippen LogP contribution in [-0.2, 0) is 11.8 Å². The lowest BCUT2D eigenvalue weighted by Gasteiger charge is -2.41. The third-order valence-corrected chi connectivity index (χ3v) is 6.57. The van der Waals surface area contributed by atoms with Crippen LogP contribution >= 0.6 is 0 Å². The lowest BCUT2D eigenvalue weighted by molar-refractivity contribution is 0.0153. The molecule has 6 rings (SSSR count). The van der Waals surface area contributed by atoms with E-state index < -0.39 is 0 Å². The molecule has 2 unspecified atom stereocenters. The van der Waals surface area contributed by atoms with Gasteiger partial charge in [-0.1, -0.05) is 6.07 Å². The summed E-state index contributed by atoms with van der Waals surface area (Å²) in [5, 5.41) is 27.6. The topological polar surface area (TPSA) is 94.3 Å². The molecule has 0 spiro atoms. The van der Waals surface area contributed by atoms with Gasteiger partial charge < -0.3 is 19.9 Å². The van der Waals surface area contributed by atoms with Crippen LogP contribution in [0, 0.1) is 5.92 Å². The van der Waals surface area contributed by atoms with Gasteiger partial charge in [-0.05, 0) is 48.1 Å². The van der Waals surface area contributed by atoms with Crippen molar-refractivity contribution in [1.29, 1.82) is 0 Å². The van der Waals surface area contributed by atoms with Crippen molar-refractivity contribution < 1.29 is 14.6 Å². The number of aryl methyl sites for hydroxylation is 1. The second-order valence-electron chi connectivity index (χ2n) is 8.81. The molecule has 3 aromatic rings.